The maximum absolute atomic E-state index is 13.4. The monoisotopic (exact) mass is 451 g/mol. The minimum absolute atomic E-state index is 0.0479. The van der Waals surface area contributed by atoms with Crippen LogP contribution >= 0.6 is 11.8 Å². The van der Waals surface area contributed by atoms with Crippen LogP contribution in [0.4, 0.5) is 0 Å². The van der Waals surface area contributed by atoms with Gasteiger partial charge in [0.1, 0.15) is 12.7 Å². The third-order valence-electron chi connectivity index (χ3n) is 4.75. The van der Waals surface area contributed by atoms with E-state index in [1.165, 1.54) is 18.0 Å². The van der Waals surface area contributed by atoms with Gasteiger partial charge < -0.3 is 9.02 Å². The number of hydrogen-bond donors (Lipinski definition) is 0. The number of carbonyl (C=O) groups excluding carboxylic acids is 1. The number of benzene rings is 1. The molecule has 0 amide bonds. The minimum Gasteiger partial charge on any atom is -0.399 e. The molecular weight excluding hydrogens is 426 g/mol. The van der Waals surface area contributed by atoms with Crippen LogP contribution in [0.3, 0.4) is 0 Å². The Bertz CT molecular complexity index is 1090. The van der Waals surface area contributed by atoms with E-state index in [0.29, 0.717) is 18.5 Å². The average molecular weight is 452 g/mol. The largest absolute Gasteiger partial charge is 0.399 e. The summed E-state index contributed by atoms with van der Waals surface area (Å²) in [5, 5.41) is 8.28. The predicted octanol–water partition coefficient (Wildman–Crippen LogP) is 3.41. The molecule has 8 nitrogen and oxygen atoms in total. The second-order valence-electron chi connectivity index (χ2n) is 6.78. The molecule has 0 bridgehead atoms. The van der Waals surface area contributed by atoms with Gasteiger partial charge in [0, 0.05) is 34.7 Å². The van der Waals surface area contributed by atoms with E-state index >= 15 is 0 Å². The summed E-state index contributed by atoms with van der Waals surface area (Å²) in [6.45, 7) is 5.78. The van der Waals surface area contributed by atoms with E-state index in [4.69, 9.17) is 9.02 Å². The van der Waals surface area contributed by atoms with Crippen molar-refractivity contribution in [3.63, 3.8) is 0 Å². The van der Waals surface area contributed by atoms with Crippen LogP contribution in [-0.4, -0.2) is 48.3 Å². The standard InChI is InChI=1S/C20H25N3O5S2/c1-5-11-30(25,26)28-20-15(12-21-23(20)6-2)19(24)14-7-8-17-18(13(14)3)16(22-27-4)9-10-29-17/h7-8,12H,5-6,9-11H2,1-4H3. The number of nitrogens with zero attached hydrogens (tertiary/aromatic N) is 3. The molecule has 2 aromatic rings. The number of fused-ring (bicyclic) bond motifs is 1. The maximum Gasteiger partial charge on any atom is 0.310 e. The molecule has 1 aromatic heterocycles. The van der Waals surface area contributed by atoms with E-state index in [9.17, 15) is 13.2 Å². The first-order valence-electron chi connectivity index (χ1n) is 9.72. The highest BCUT2D eigenvalue weighted by molar-refractivity contribution is 7.99. The van der Waals surface area contributed by atoms with E-state index in [1.54, 1.807) is 31.7 Å². The van der Waals surface area contributed by atoms with Gasteiger partial charge in [0.15, 0.2) is 5.78 Å². The van der Waals surface area contributed by atoms with Crippen molar-refractivity contribution >= 4 is 33.4 Å². The third kappa shape index (κ3) is 4.39. The minimum atomic E-state index is -3.82. The molecule has 3 rings (SSSR count). The molecule has 30 heavy (non-hydrogen) atoms. The molecule has 0 saturated heterocycles. The van der Waals surface area contributed by atoms with Gasteiger partial charge in [-0.3, -0.25) is 4.79 Å². The second kappa shape index (κ2) is 9.22. The first-order chi connectivity index (χ1) is 14.3. The van der Waals surface area contributed by atoms with E-state index in [2.05, 4.69) is 10.3 Å². The molecule has 0 saturated carbocycles. The van der Waals surface area contributed by atoms with Crippen molar-refractivity contribution in [2.75, 3.05) is 18.6 Å². The Morgan fingerprint density at radius 3 is 2.73 bits per heavy atom. The number of hydrogen-bond acceptors (Lipinski definition) is 8. The van der Waals surface area contributed by atoms with E-state index < -0.39 is 10.1 Å². The van der Waals surface area contributed by atoms with Crippen LogP contribution < -0.4 is 4.18 Å². The molecule has 0 unspecified atom stereocenters. The first kappa shape index (κ1) is 22.4. The molecule has 0 N–H and O–H groups in total. The third-order valence-corrected chi connectivity index (χ3v) is 7.13. The average Bonchev–Trinajstić information content (AvgIpc) is 3.09. The molecule has 0 radical (unpaired) electrons. The quantitative estimate of drug-likeness (QED) is 0.344. The number of carbonyl (C=O) groups is 1. The van der Waals surface area contributed by atoms with Crippen LogP contribution in [0, 0.1) is 6.92 Å². The molecule has 1 aliphatic heterocycles. The van der Waals surface area contributed by atoms with Crippen molar-refractivity contribution in [2.24, 2.45) is 5.16 Å². The van der Waals surface area contributed by atoms with Crippen LogP contribution in [0.5, 0.6) is 5.88 Å². The van der Waals surface area contributed by atoms with E-state index in [0.717, 1.165) is 33.9 Å². The number of aromatic nitrogens is 2. The fourth-order valence-electron chi connectivity index (χ4n) is 3.40. The van der Waals surface area contributed by atoms with Gasteiger partial charge in [-0.05, 0) is 38.0 Å². The SMILES string of the molecule is CCCS(=O)(=O)Oc1c(C(=O)c2ccc3c(c2C)C(=NOC)CCS3)cnn1CC. The van der Waals surface area contributed by atoms with Gasteiger partial charge in [0.2, 0.25) is 5.88 Å². The Morgan fingerprint density at radius 1 is 1.30 bits per heavy atom. The molecule has 0 aliphatic carbocycles. The number of aryl methyl sites for hydroxylation is 1. The number of ketones is 1. The molecule has 0 fully saturated rings. The van der Waals surface area contributed by atoms with Gasteiger partial charge in [-0.1, -0.05) is 12.1 Å². The summed E-state index contributed by atoms with van der Waals surface area (Å²) in [6, 6.07) is 3.65. The predicted molar refractivity (Wildman–Crippen MR) is 116 cm³/mol. The van der Waals surface area contributed by atoms with Crippen molar-refractivity contribution in [1.29, 1.82) is 0 Å². The summed E-state index contributed by atoms with van der Waals surface area (Å²) >= 11 is 1.70. The van der Waals surface area contributed by atoms with Crippen LogP contribution in [0.25, 0.3) is 0 Å². The number of thioether (sulfide) groups is 1. The maximum atomic E-state index is 13.4. The van der Waals surface area contributed by atoms with Gasteiger partial charge in [-0.25, -0.2) is 4.68 Å². The number of rotatable bonds is 8. The fraction of sp³-hybridized carbons (Fsp3) is 0.450. The molecular formula is C20H25N3O5S2. The highest BCUT2D eigenvalue weighted by atomic mass is 32.2. The smallest absolute Gasteiger partial charge is 0.310 e. The van der Waals surface area contributed by atoms with Crippen LogP contribution in [0.15, 0.2) is 28.4 Å². The Balaban J connectivity index is 2.08. The Labute approximate surface area is 180 Å². The molecule has 2 heterocycles. The topological polar surface area (TPSA) is 99.9 Å². The lowest BCUT2D eigenvalue weighted by molar-refractivity contribution is 0.103. The van der Waals surface area contributed by atoms with Crippen LogP contribution in [-0.2, 0) is 21.5 Å². The zero-order chi connectivity index (χ0) is 21.9. The fourth-order valence-corrected chi connectivity index (χ4v) is 5.49. The summed E-state index contributed by atoms with van der Waals surface area (Å²) < 4.78 is 31.2. The van der Waals surface area contributed by atoms with Gasteiger partial charge in [0.25, 0.3) is 0 Å². The Morgan fingerprint density at radius 2 is 2.07 bits per heavy atom. The Kier molecular flexibility index (Phi) is 6.87. The van der Waals surface area contributed by atoms with Crippen molar-refractivity contribution in [3.8, 4) is 5.88 Å². The summed E-state index contributed by atoms with van der Waals surface area (Å²) in [7, 11) is -2.32. The molecule has 10 heteroatoms. The summed E-state index contributed by atoms with van der Waals surface area (Å²) in [5.74, 6) is 0.359. The van der Waals surface area contributed by atoms with Crippen LogP contribution in [0.1, 0.15) is 53.7 Å². The molecule has 0 spiro atoms. The van der Waals surface area contributed by atoms with Gasteiger partial charge in [0.05, 0.1) is 17.7 Å². The highest BCUT2D eigenvalue weighted by Gasteiger charge is 2.28. The van der Waals surface area contributed by atoms with Crippen molar-refractivity contribution in [2.45, 2.75) is 45.1 Å². The van der Waals surface area contributed by atoms with Gasteiger partial charge >= 0.3 is 10.1 Å². The molecule has 162 valence electrons. The summed E-state index contributed by atoms with van der Waals surface area (Å²) in [5.41, 5.74) is 3.03. The lowest BCUT2D eigenvalue weighted by atomic mass is 9.93. The number of oxime groups is 1. The second-order valence-corrected chi connectivity index (χ2v) is 9.61. The van der Waals surface area contributed by atoms with E-state index in [1.807, 2.05) is 13.0 Å². The molecule has 1 aromatic carbocycles. The summed E-state index contributed by atoms with van der Waals surface area (Å²) in [4.78, 5) is 19.4. The van der Waals surface area contributed by atoms with Crippen molar-refractivity contribution < 1.29 is 22.2 Å². The molecule has 0 atom stereocenters. The van der Waals surface area contributed by atoms with Crippen LogP contribution in [0.2, 0.25) is 0 Å². The van der Waals surface area contributed by atoms with Gasteiger partial charge in [-0.15, -0.1) is 11.8 Å². The zero-order valence-electron chi connectivity index (χ0n) is 17.5. The Hall–Kier alpha value is -2.33. The zero-order valence-corrected chi connectivity index (χ0v) is 19.1. The van der Waals surface area contributed by atoms with Gasteiger partial charge in [-0.2, -0.15) is 13.5 Å². The van der Waals surface area contributed by atoms with E-state index in [-0.39, 0.29) is 23.0 Å². The lowest BCUT2D eigenvalue weighted by Crippen LogP contribution is -2.18. The highest BCUT2D eigenvalue weighted by Crippen LogP contribution is 2.35. The van der Waals surface area contributed by atoms with Crippen molar-refractivity contribution in [3.05, 3.63) is 40.6 Å². The van der Waals surface area contributed by atoms with Crippen molar-refractivity contribution in [1.82, 2.24) is 9.78 Å². The summed E-state index contributed by atoms with van der Waals surface area (Å²) in [6.07, 6.45) is 2.51. The normalized spacial score (nSPS) is 15.1. The molecule has 1 aliphatic rings. The first-order valence-corrected chi connectivity index (χ1v) is 12.3. The lowest BCUT2D eigenvalue weighted by Gasteiger charge is -2.20.